The fraction of sp³-hybridized carbons (Fsp3) is 0.333. The normalized spacial score (nSPS) is 14.9. The monoisotopic (exact) mass is 429 g/mol. The van der Waals surface area contributed by atoms with E-state index in [1.807, 2.05) is 84.2 Å². The summed E-state index contributed by atoms with van der Waals surface area (Å²) in [6.45, 7) is 5.98. The van der Waals surface area contributed by atoms with Crippen molar-refractivity contribution in [3.8, 4) is 11.3 Å². The summed E-state index contributed by atoms with van der Waals surface area (Å²) in [5, 5.41) is 9.49. The predicted molar refractivity (Wildman–Crippen MR) is 123 cm³/mol. The number of nitrogens with zero attached hydrogens (tertiary/aromatic N) is 7. The quantitative estimate of drug-likeness (QED) is 0.499. The summed E-state index contributed by atoms with van der Waals surface area (Å²) >= 11 is 0. The Morgan fingerprint density at radius 3 is 2.50 bits per heavy atom. The standard InChI is InChI=1S/C24H27N7O/c1-17-21(14-26-29(17)3)23-12-20(19-6-4-5-7-22(19)27-23)24(32)31-10-8-30(9-11-31)16-18-13-25-28(2)15-18/h4-7,12-15H,8-11,16H2,1-3H3. The maximum Gasteiger partial charge on any atom is 0.254 e. The van der Waals surface area contributed by atoms with Crippen LogP contribution in [0.3, 0.4) is 0 Å². The van der Waals surface area contributed by atoms with Gasteiger partial charge in [0.1, 0.15) is 0 Å². The van der Waals surface area contributed by atoms with Gasteiger partial charge >= 0.3 is 0 Å². The molecule has 8 heteroatoms. The Labute approximate surface area is 187 Å². The van der Waals surface area contributed by atoms with Crippen molar-refractivity contribution in [3.05, 3.63) is 65.7 Å². The summed E-state index contributed by atoms with van der Waals surface area (Å²) in [5.74, 6) is 0.0624. The molecule has 0 saturated carbocycles. The fourth-order valence-electron chi connectivity index (χ4n) is 4.33. The van der Waals surface area contributed by atoms with Crippen LogP contribution in [0.15, 0.2) is 48.9 Å². The van der Waals surface area contributed by atoms with Crippen LogP contribution in [0.4, 0.5) is 0 Å². The van der Waals surface area contributed by atoms with Crippen LogP contribution in [0, 0.1) is 6.92 Å². The lowest BCUT2D eigenvalue weighted by atomic mass is 10.0. The second kappa shape index (κ2) is 8.20. The van der Waals surface area contributed by atoms with Gasteiger partial charge in [-0.15, -0.1) is 0 Å². The third kappa shape index (κ3) is 3.78. The number of hydrogen-bond donors (Lipinski definition) is 0. The van der Waals surface area contributed by atoms with Gasteiger partial charge in [0.15, 0.2) is 0 Å². The molecule has 4 heterocycles. The Morgan fingerprint density at radius 2 is 1.81 bits per heavy atom. The number of hydrogen-bond acceptors (Lipinski definition) is 5. The molecule has 0 spiro atoms. The summed E-state index contributed by atoms with van der Waals surface area (Å²) in [7, 11) is 3.84. The highest BCUT2D eigenvalue weighted by atomic mass is 16.2. The van der Waals surface area contributed by atoms with Gasteiger partial charge in [-0.25, -0.2) is 4.98 Å². The Kier molecular flexibility index (Phi) is 5.22. The first-order chi connectivity index (χ1) is 15.5. The molecule has 1 saturated heterocycles. The molecule has 164 valence electrons. The predicted octanol–water partition coefficient (Wildman–Crippen LogP) is 2.64. The van der Waals surface area contributed by atoms with Gasteiger partial charge in [-0.2, -0.15) is 10.2 Å². The fourth-order valence-corrected chi connectivity index (χ4v) is 4.33. The first-order valence-corrected chi connectivity index (χ1v) is 10.9. The van der Waals surface area contributed by atoms with Crippen molar-refractivity contribution in [1.82, 2.24) is 34.3 Å². The molecule has 1 aromatic carbocycles. The van der Waals surface area contributed by atoms with Gasteiger partial charge in [-0.05, 0) is 19.1 Å². The third-order valence-electron chi connectivity index (χ3n) is 6.28. The number of amides is 1. The zero-order valence-electron chi connectivity index (χ0n) is 18.7. The molecule has 3 aromatic heterocycles. The number of pyridine rings is 1. The molecule has 1 aliphatic heterocycles. The Morgan fingerprint density at radius 1 is 1.03 bits per heavy atom. The number of aromatic nitrogens is 5. The molecular weight excluding hydrogens is 402 g/mol. The molecule has 0 radical (unpaired) electrons. The zero-order valence-corrected chi connectivity index (χ0v) is 18.7. The number of piperazine rings is 1. The van der Waals surface area contributed by atoms with Gasteiger partial charge in [0.2, 0.25) is 0 Å². The van der Waals surface area contributed by atoms with E-state index in [2.05, 4.69) is 15.1 Å². The number of carbonyl (C=O) groups excluding carboxylic acids is 1. The second-order valence-corrected chi connectivity index (χ2v) is 8.43. The smallest absolute Gasteiger partial charge is 0.254 e. The highest BCUT2D eigenvalue weighted by Gasteiger charge is 2.25. The molecule has 8 nitrogen and oxygen atoms in total. The summed E-state index contributed by atoms with van der Waals surface area (Å²) in [5.41, 5.74) is 5.49. The van der Waals surface area contributed by atoms with Crippen LogP contribution in [0.1, 0.15) is 21.6 Å². The van der Waals surface area contributed by atoms with Gasteiger partial charge in [0, 0.05) is 75.2 Å². The van der Waals surface area contributed by atoms with Crippen molar-refractivity contribution >= 4 is 16.8 Å². The van der Waals surface area contributed by atoms with Gasteiger partial charge < -0.3 is 4.90 Å². The van der Waals surface area contributed by atoms with E-state index in [1.165, 1.54) is 5.56 Å². The van der Waals surface area contributed by atoms with Crippen molar-refractivity contribution in [2.75, 3.05) is 26.2 Å². The molecule has 1 amide bonds. The van der Waals surface area contributed by atoms with E-state index in [9.17, 15) is 4.79 Å². The van der Waals surface area contributed by atoms with E-state index < -0.39 is 0 Å². The molecule has 0 bridgehead atoms. The number of carbonyl (C=O) groups is 1. The van der Waals surface area contributed by atoms with Crippen LogP contribution in [0.2, 0.25) is 0 Å². The average molecular weight is 430 g/mol. The lowest BCUT2D eigenvalue weighted by Gasteiger charge is -2.34. The van der Waals surface area contributed by atoms with E-state index in [0.717, 1.165) is 47.5 Å². The minimum absolute atomic E-state index is 0.0624. The minimum atomic E-state index is 0.0624. The van der Waals surface area contributed by atoms with E-state index in [0.29, 0.717) is 18.7 Å². The summed E-state index contributed by atoms with van der Waals surface area (Å²) < 4.78 is 3.65. The lowest BCUT2D eigenvalue weighted by Crippen LogP contribution is -2.48. The molecule has 0 N–H and O–H groups in total. The second-order valence-electron chi connectivity index (χ2n) is 8.43. The minimum Gasteiger partial charge on any atom is -0.336 e. The van der Waals surface area contributed by atoms with Gasteiger partial charge in [0.05, 0.1) is 29.2 Å². The summed E-state index contributed by atoms with van der Waals surface area (Å²) in [6.07, 6.45) is 5.77. The topological polar surface area (TPSA) is 72.1 Å². The van der Waals surface area contributed by atoms with Crippen LogP contribution in [0.5, 0.6) is 0 Å². The van der Waals surface area contributed by atoms with E-state index in [4.69, 9.17) is 4.98 Å². The SMILES string of the molecule is Cc1c(-c2cc(C(=O)N3CCN(Cc4cnn(C)c4)CC3)c3ccccc3n2)cnn1C. The first kappa shape index (κ1) is 20.4. The first-order valence-electron chi connectivity index (χ1n) is 10.9. The lowest BCUT2D eigenvalue weighted by molar-refractivity contribution is 0.0630. The molecule has 0 aliphatic carbocycles. The Hall–Kier alpha value is -3.52. The molecule has 0 atom stereocenters. The average Bonchev–Trinajstić information content (AvgIpc) is 3.37. The maximum atomic E-state index is 13.6. The molecule has 32 heavy (non-hydrogen) atoms. The van der Waals surface area contributed by atoms with Crippen molar-refractivity contribution in [2.24, 2.45) is 14.1 Å². The summed E-state index contributed by atoms with van der Waals surface area (Å²) in [4.78, 5) is 22.8. The Bertz CT molecular complexity index is 1280. The van der Waals surface area contributed by atoms with Crippen molar-refractivity contribution in [2.45, 2.75) is 13.5 Å². The van der Waals surface area contributed by atoms with Crippen LogP contribution < -0.4 is 0 Å². The number of rotatable bonds is 4. The van der Waals surface area contributed by atoms with Crippen LogP contribution in [-0.2, 0) is 20.6 Å². The van der Waals surface area contributed by atoms with Crippen LogP contribution in [0.25, 0.3) is 22.2 Å². The number of para-hydroxylation sites is 1. The Balaban J connectivity index is 1.40. The maximum absolute atomic E-state index is 13.6. The van der Waals surface area contributed by atoms with Gasteiger partial charge in [-0.1, -0.05) is 18.2 Å². The molecule has 1 fully saturated rings. The largest absolute Gasteiger partial charge is 0.336 e. The van der Waals surface area contributed by atoms with E-state index in [1.54, 1.807) is 0 Å². The molecular formula is C24H27N7O. The van der Waals surface area contributed by atoms with E-state index in [-0.39, 0.29) is 5.91 Å². The molecule has 0 unspecified atom stereocenters. The number of aryl methyl sites for hydroxylation is 2. The third-order valence-corrected chi connectivity index (χ3v) is 6.28. The van der Waals surface area contributed by atoms with Gasteiger partial charge in [0.25, 0.3) is 5.91 Å². The molecule has 1 aliphatic rings. The number of benzene rings is 1. The van der Waals surface area contributed by atoms with Crippen LogP contribution >= 0.6 is 0 Å². The van der Waals surface area contributed by atoms with Crippen molar-refractivity contribution in [3.63, 3.8) is 0 Å². The van der Waals surface area contributed by atoms with Crippen molar-refractivity contribution < 1.29 is 4.79 Å². The van der Waals surface area contributed by atoms with Crippen molar-refractivity contribution in [1.29, 1.82) is 0 Å². The summed E-state index contributed by atoms with van der Waals surface area (Å²) in [6, 6.07) is 9.79. The van der Waals surface area contributed by atoms with E-state index >= 15 is 0 Å². The molecule has 4 aromatic rings. The highest BCUT2D eigenvalue weighted by Crippen LogP contribution is 2.28. The molecule has 5 rings (SSSR count). The number of fused-ring (bicyclic) bond motifs is 1. The van der Waals surface area contributed by atoms with Crippen LogP contribution in [-0.4, -0.2) is 66.4 Å². The zero-order chi connectivity index (χ0) is 22.2. The van der Waals surface area contributed by atoms with Gasteiger partial charge in [-0.3, -0.25) is 19.1 Å². The highest BCUT2D eigenvalue weighted by molar-refractivity contribution is 6.07.